The van der Waals surface area contributed by atoms with Crippen LogP contribution in [0.1, 0.15) is 0 Å². The molecule has 0 saturated heterocycles. The molecular weight excluding hydrogens is 154 g/mol. The summed E-state index contributed by atoms with van der Waals surface area (Å²) >= 11 is 0. The molecule has 5 nitrogen and oxygen atoms in total. The molecule has 0 atom stereocenters. The SMILES string of the molecule is Nc1cncc(N2C=CNN2)c1. The minimum Gasteiger partial charge on any atom is -0.397 e. The number of rotatable bonds is 1. The van der Waals surface area contributed by atoms with Gasteiger partial charge in [0.05, 0.1) is 17.6 Å². The fourth-order valence-electron chi connectivity index (χ4n) is 0.983. The third kappa shape index (κ3) is 1.17. The van der Waals surface area contributed by atoms with Crippen LogP contribution in [-0.2, 0) is 0 Å². The Morgan fingerprint density at radius 1 is 1.42 bits per heavy atom. The Morgan fingerprint density at radius 3 is 3.00 bits per heavy atom. The average molecular weight is 163 g/mol. The van der Waals surface area contributed by atoms with E-state index in [0.29, 0.717) is 5.69 Å². The Hall–Kier alpha value is -1.75. The lowest BCUT2D eigenvalue weighted by Gasteiger charge is -2.14. The van der Waals surface area contributed by atoms with Crippen molar-refractivity contribution in [1.82, 2.24) is 15.9 Å². The van der Waals surface area contributed by atoms with Crippen LogP contribution < -0.4 is 21.7 Å². The molecule has 0 fully saturated rings. The first-order valence-corrected chi connectivity index (χ1v) is 3.54. The van der Waals surface area contributed by atoms with Crippen molar-refractivity contribution in [3.63, 3.8) is 0 Å². The fraction of sp³-hybridized carbons (Fsp3) is 0. The van der Waals surface area contributed by atoms with Crippen molar-refractivity contribution in [2.75, 3.05) is 10.7 Å². The van der Waals surface area contributed by atoms with E-state index in [4.69, 9.17) is 5.73 Å². The Bertz CT molecular complexity index is 308. The summed E-state index contributed by atoms with van der Waals surface area (Å²) in [6.45, 7) is 0. The summed E-state index contributed by atoms with van der Waals surface area (Å²) in [5, 5.41) is 1.78. The molecule has 62 valence electrons. The van der Waals surface area contributed by atoms with E-state index in [1.165, 1.54) is 0 Å². The van der Waals surface area contributed by atoms with Gasteiger partial charge in [0.2, 0.25) is 0 Å². The standard InChI is InChI=1S/C7H9N5/c8-6-3-7(5-9-4-6)12-2-1-10-11-12/h1-5,10-11H,8H2. The lowest BCUT2D eigenvalue weighted by Crippen LogP contribution is -2.35. The Balaban J connectivity index is 2.27. The summed E-state index contributed by atoms with van der Waals surface area (Å²) in [5.74, 6) is 0. The number of pyridine rings is 1. The minimum atomic E-state index is 0.648. The second-order valence-electron chi connectivity index (χ2n) is 2.42. The van der Waals surface area contributed by atoms with Crippen LogP contribution in [0.25, 0.3) is 0 Å². The van der Waals surface area contributed by atoms with Gasteiger partial charge in [-0.25, -0.2) is 0 Å². The van der Waals surface area contributed by atoms with Crippen molar-refractivity contribution >= 4 is 11.4 Å². The van der Waals surface area contributed by atoms with E-state index in [-0.39, 0.29) is 0 Å². The van der Waals surface area contributed by atoms with Gasteiger partial charge >= 0.3 is 0 Å². The molecule has 0 aliphatic carbocycles. The molecule has 0 saturated carbocycles. The summed E-state index contributed by atoms with van der Waals surface area (Å²) in [7, 11) is 0. The maximum absolute atomic E-state index is 5.56. The maximum atomic E-state index is 5.56. The number of aromatic nitrogens is 1. The largest absolute Gasteiger partial charge is 0.397 e. The molecule has 5 heteroatoms. The Labute approximate surface area is 69.8 Å². The highest BCUT2D eigenvalue weighted by molar-refractivity contribution is 5.54. The summed E-state index contributed by atoms with van der Waals surface area (Å²) in [4.78, 5) is 3.96. The molecule has 2 rings (SSSR count). The summed E-state index contributed by atoms with van der Waals surface area (Å²) in [6.07, 6.45) is 6.96. The number of nitrogens with one attached hydrogen (secondary N) is 2. The van der Waals surface area contributed by atoms with Crippen molar-refractivity contribution in [1.29, 1.82) is 0 Å². The van der Waals surface area contributed by atoms with Gasteiger partial charge in [-0.15, -0.1) is 5.53 Å². The highest BCUT2D eigenvalue weighted by Crippen LogP contribution is 2.14. The number of nitrogen functional groups attached to an aromatic ring is 1. The summed E-state index contributed by atoms with van der Waals surface area (Å²) in [5.41, 5.74) is 12.8. The lowest BCUT2D eigenvalue weighted by atomic mass is 10.4. The van der Waals surface area contributed by atoms with Crippen molar-refractivity contribution in [2.45, 2.75) is 0 Å². The second kappa shape index (κ2) is 2.71. The first-order valence-electron chi connectivity index (χ1n) is 3.54. The number of anilines is 2. The van der Waals surface area contributed by atoms with Gasteiger partial charge in [0.25, 0.3) is 0 Å². The fourth-order valence-corrected chi connectivity index (χ4v) is 0.983. The molecule has 2 heterocycles. The third-order valence-electron chi connectivity index (χ3n) is 1.52. The Kier molecular flexibility index (Phi) is 1.56. The molecule has 1 aliphatic heterocycles. The van der Waals surface area contributed by atoms with Crippen LogP contribution >= 0.6 is 0 Å². The van der Waals surface area contributed by atoms with E-state index in [1.807, 2.05) is 12.3 Å². The first kappa shape index (κ1) is 6.93. The number of hydrogen-bond acceptors (Lipinski definition) is 5. The van der Waals surface area contributed by atoms with Crippen molar-refractivity contribution in [3.05, 3.63) is 30.9 Å². The number of nitrogens with zero attached hydrogens (tertiary/aromatic N) is 2. The van der Waals surface area contributed by atoms with Crippen LogP contribution in [0, 0.1) is 0 Å². The molecule has 0 spiro atoms. The van der Waals surface area contributed by atoms with Gasteiger partial charge < -0.3 is 11.2 Å². The highest BCUT2D eigenvalue weighted by atomic mass is 15.7. The molecule has 0 amide bonds. The lowest BCUT2D eigenvalue weighted by molar-refractivity contribution is 0.679. The first-order chi connectivity index (χ1) is 5.86. The molecule has 1 aromatic rings. The van der Waals surface area contributed by atoms with Crippen LogP contribution in [0.15, 0.2) is 30.9 Å². The smallest absolute Gasteiger partial charge is 0.0793 e. The molecule has 1 aliphatic rings. The molecule has 12 heavy (non-hydrogen) atoms. The van der Waals surface area contributed by atoms with Crippen LogP contribution in [0.3, 0.4) is 0 Å². The van der Waals surface area contributed by atoms with Gasteiger partial charge in [0.15, 0.2) is 0 Å². The van der Waals surface area contributed by atoms with E-state index in [2.05, 4.69) is 15.9 Å². The van der Waals surface area contributed by atoms with E-state index in [9.17, 15) is 0 Å². The molecule has 0 bridgehead atoms. The van der Waals surface area contributed by atoms with Crippen LogP contribution in [0.5, 0.6) is 0 Å². The molecule has 0 aromatic carbocycles. The Morgan fingerprint density at radius 2 is 2.33 bits per heavy atom. The van der Waals surface area contributed by atoms with Gasteiger partial charge in [-0.1, -0.05) is 0 Å². The zero-order valence-corrected chi connectivity index (χ0v) is 6.36. The number of nitrogens with two attached hydrogens (primary N) is 1. The number of hydrazine groups is 2. The maximum Gasteiger partial charge on any atom is 0.0793 e. The number of hydrogen-bond donors (Lipinski definition) is 3. The molecular formula is C7H9N5. The van der Waals surface area contributed by atoms with Crippen LogP contribution in [0.4, 0.5) is 11.4 Å². The normalized spacial score (nSPS) is 14.8. The van der Waals surface area contributed by atoms with Crippen molar-refractivity contribution in [3.8, 4) is 0 Å². The average Bonchev–Trinajstić information content (AvgIpc) is 2.56. The minimum absolute atomic E-state index is 0.648. The summed E-state index contributed by atoms with van der Waals surface area (Å²) < 4.78 is 0. The quantitative estimate of drug-likeness (QED) is 0.542. The van der Waals surface area contributed by atoms with Gasteiger partial charge in [0, 0.05) is 18.6 Å². The zero-order chi connectivity index (χ0) is 8.39. The second-order valence-corrected chi connectivity index (χ2v) is 2.42. The predicted octanol–water partition coefficient (Wildman–Crippen LogP) is -0.0358. The molecule has 0 unspecified atom stereocenters. The van der Waals surface area contributed by atoms with Crippen molar-refractivity contribution in [2.24, 2.45) is 0 Å². The zero-order valence-electron chi connectivity index (χ0n) is 6.36. The van der Waals surface area contributed by atoms with Crippen LogP contribution in [0.2, 0.25) is 0 Å². The van der Waals surface area contributed by atoms with Gasteiger partial charge in [0.1, 0.15) is 0 Å². The van der Waals surface area contributed by atoms with Gasteiger partial charge in [-0.05, 0) is 6.07 Å². The van der Waals surface area contributed by atoms with Crippen molar-refractivity contribution < 1.29 is 0 Å². The topological polar surface area (TPSA) is 66.2 Å². The molecule has 0 radical (unpaired) electrons. The molecule has 4 N–H and O–H groups in total. The van der Waals surface area contributed by atoms with E-state index >= 15 is 0 Å². The monoisotopic (exact) mass is 163 g/mol. The van der Waals surface area contributed by atoms with Gasteiger partial charge in [-0.2, -0.15) is 0 Å². The predicted molar refractivity (Wildman–Crippen MR) is 46.5 cm³/mol. The van der Waals surface area contributed by atoms with E-state index < -0.39 is 0 Å². The summed E-state index contributed by atoms with van der Waals surface area (Å²) in [6, 6.07) is 1.83. The third-order valence-corrected chi connectivity index (χ3v) is 1.52. The van der Waals surface area contributed by atoms with Gasteiger partial charge in [-0.3, -0.25) is 9.99 Å². The highest BCUT2D eigenvalue weighted by Gasteiger charge is 2.05. The van der Waals surface area contributed by atoms with E-state index in [1.54, 1.807) is 23.6 Å². The van der Waals surface area contributed by atoms with Crippen LogP contribution in [-0.4, -0.2) is 4.98 Å². The van der Waals surface area contributed by atoms with E-state index in [0.717, 1.165) is 5.69 Å². The molecule has 1 aromatic heterocycles.